The fourth-order valence-corrected chi connectivity index (χ4v) is 3.76. The Kier molecular flexibility index (Phi) is 5.78. The Hall–Kier alpha value is -2.12. The molecule has 2 aliphatic heterocycles. The third-order valence-electron chi connectivity index (χ3n) is 4.87. The molecule has 2 bridgehead atoms. The summed E-state index contributed by atoms with van der Waals surface area (Å²) in [4.78, 5) is 16.8. The molecule has 7 nitrogen and oxygen atoms in total. The van der Waals surface area contributed by atoms with Gasteiger partial charge in [0.1, 0.15) is 5.75 Å². The van der Waals surface area contributed by atoms with Gasteiger partial charge in [0.25, 0.3) is 5.91 Å². The molecule has 2 N–H and O–H groups in total. The van der Waals surface area contributed by atoms with E-state index in [1.165, 1.54) is 12.8 Å². The number of fused-ring (bicyclic) bond motifs is 2. The topological polar surface area (TPSA) is 89.3 Å². The number of hydrogen-bond acceptors (Lipinski definition) is 6. The molecule has 0 spiro atoms. The Morgan fingerprint density at radius 2 is 2.04 bits per heavy atom. The Bertz CT molecular complexity index is 754. The monoisotopic (exact) mass is 378 g/mol. The van der Waals surface area contributed by atoms with Gasteiger partial charge in [-0.1, -0.05) is 17.3 Å². The molecule has 140 valence electrons. The summed E-state index contributed by atoms with van der Waals surface area (Å²) in [6.07, 6.45) is 4.41. The summed E-state index contributed by atoms with van der Waals surface area (Å²) in [5.41, 5.74) is 0.536. The van der Waals surface area contributed by atoms with Crippen LogP contribution in [0.15, 0.2) is 28.8 Å². The van der Waals surface area contributed by atoms with Crippen molar-refractivity contribution in [3.8, 4) is 5.75 Å². The van der Waals surface area contributed by atoms with E-state index in [4.69, 9.17) is 9.26 Å². The number of amides is 1. The lowest BCUT2D eigenvalue weighted by Crippen LogP contribution is -2.48. The number of carbonyl (C=O) groups is 1. The third-order valence-corrected chi connectivity index (χ3v) is 4.87. The highest BCUT2D eigenvalue weighted by molar-refractivity contribution is 5.97. The molecule has 1 aromatic carbocycles. The van der Waals surface area contributed by atoms with Gasteiger partial charge in [-0.2, -0.15) is 4.98 Å². The molecule has 2 fully saturated rings. The largest absolute Gasteiger partial charge is 0.485 e. The smallest absolute Gasteiger partial charge is 0.255 e. The lowest BCUT2D eigenvalue weighted by molar-refractivity contribution is 0.0919. The van der Waals surface area contributed by atoms with Gasteiger partial charge in [0.2, 0.25) is 11.7 Å². The van der Waals surface area contributed by atoms with Crippen LogP contribution in [0.2, 0.25) is 0 Å². The van der Waals surface area contributed by atoms with Gasteiger partial charge in [-0.05, 0) is 37.8 Å². The molecule has 2 aliphatic rings. The number of nitrogens with one attached hydrogen (secondary N) is 2. The van der Waals surface area contributed by atoms with Gasteiger partial charge in [-0.25, -0.2) is 0 Å². The Balaban J connectivity index is 0.00000196. The van der Waals surface area contributed by atoms with E-state index in [-0.39, 0.29) is 31.0 Å². The number of nitrogens with zero attached hydrogens (tertiary/aromatic N) is 2. The van der Waals surface area contributed by atoms with Crippen LogP contribution < -0.4 is 15.4 Å². The van der Waals surface area contributed by atoms with Crippen LogP contribution in [0.25, 0.3) is 0 Å². The molecule has 1 aromatic heterocycles. The van der Waals surface area contributed by atoms with Crippen molar-refractivity contribution >= 4 is 18.3 Å². The number of aryl methyl sites for hydroxylation is 1. The predicted octanol–water partition coefficient (Wildman–Crippen LogP) is 2.39. The summed E-state index contributed by atoms with van der Waals surface area (Å²) in [6.45, 7) is 1.89. The molecule has 0 saturated carbocycles. The molecule has 2 saturated heterocycles. The van der Waals surface area contributed by atoms with Gasteiger partial charge in [0.15, 0.2) is 6.61 Å². The van der Waals surface area contributed by atoms with Crippen molar-refractivity contribution in [1.82, 2.24) is 20.8 Å². The highest BCUT2D eigenvalue weighted by Crippen LogP contribution is 2.27. The van der Waals surface area contributed by atoms with Crippen molar-refractivity contribution < 1.29 is 14.1 Å². The molecular weight excluding hydrogens is 356 g/mol. The summed E-state index contributed by atoms with van der Waals surface area (Å²) in [6, 6.07) is 8.55. The van der Waals surface area contributed by atoms with E-state index in [0.717, 1.165) is 12.8 Å². The zero-order valence-electron chi connectivity index (χ0n) is 14.6. The second-order valence-electron chi connectivity index (χ2n) is 6.79. The van der Waals surface area contributed by atoms with E-state index in [2.05, 4.69) is 20.8 Å². The molecule has 2 atom stereocenters. The van der Waals surface area contributed by atoms with Crippen LogP contribution in [-0.2, 0) is 6.61 Å². The van der Waals surface area contributed by atoms with Crippen LogP contribution in [0, 0.1) is 6.92 Å². The van der Waals surface area contributed by atoms with E-state index in [1.54, 1.807) is 19.1 Å². The number of para-hydroxylation sites is 1. The van der Waals surface area contributed by atoms with Gasteiger partial charge >= 0.3 is 0 Å². The average molecular weight is 379 g/mol. The Morgan fingerprint density at radius 1 is 1.31 bits per heavy atom. The van der Waals surface area contributed by atoms with Gasteiger partial charge < -0.3 is 19.9 Å². The maximum Gasteiger partial charge on any atom is 0.255 e. The van der Waals surface area contributed by atoms with E-state index in [0.29, 0.717) is 35.1 Å². The summed E-state index contributed by atoms with van der Waals surface area (Å²) in [7, 11) is 0. The van der Waals surface area contributed by atoms with E-state index >= 15 is 0 Å². The number of rotatable bonds is 5. The number of aromatic nitrogens is 2. The third kappa shape index (κ3) is 4.16. The highest BCUT2D eigenvalue weighted by atomic mass is 35.5. The Morgan fingerprint density at radius 3 is 2.73 bits per heavy atom. The molecule has 1 amide bonds. The second kappa shape index (κ2) is 8.05. The first-order valence-corrected chi connectivity index (χ1v) is 8.75. The quantitative estimate of drug-likeness (QED) is 0.830. The number of halogens is 1. The highest BCUT2D eigenvalue weighted by Gasteiger charge is 2.34. The predicted molar refractivity (Wildman–Crippen MR) is 97.5 cm³/mol. The van der Waals surface area contributed by atoms with Crippen LogP contribution in [-0.4, -0.2) is 34.2 Å². The first-order valence-electron chi connectivity index (χ1n) is 8.75. The zero-order valence-corrected chi connectivity index (χ0v) is 15.4. The number of benzene rings is 1. The van der Waals surface area contributed by atoms with E-state index in [1.807, 2.05) is 12.1 Å². The minimum atomic E-state index is -0.0915. The molecular formula is C18H23ClN4O3. The maximum absolute atomic E-state index is 12.7. The van der Waals surface area contributed by atoms with Gasteiger partial charge in [-0.15, -0.1) is 12.4 Å². The van der Waals surface area contributed by atoms with Gasteiger partial charge in [0.05, 0.1) is 5.56 Å². The average Bonchev–Trinajstić information content (AvgIpc) is 3.18. The summed E-state index contributed by atoms with van der Waals surface area (Å²) in [5, 5.41) is 10.6. The van der Waals surface area contributed by atoms with Crippen molar-refractivity contribution in [2.24, 2.45) is 0 Å². The standard InChI is InChI=1S/C18H22N4O3.ClH/c1-11-19-17(22-25-11)10-24-16-5-3-2-4-15(16)18(23)21-14-8-12-6-7-13(9-14)20-12;/h2-5,12-14,20H,6-10H2,1H3,(H,21,23);1H. The second-order valence-corrected chi connectivity index (χ2v) is 6.79. The summed E-state index contributed by atoms with van der Waals surface area (Å²) in [5.74, 6) is 1.39. The molecule has 2 unspecified atom stereocenters. The number of ether oxygens (including phenoxy) is 1. The van der Waals surface area contributed by atoms with Gasteiger partial charge in [0, 0.05) is 25.0 Å². The number of hydrogen-bond donors (Lipinski definition) is 2. The van der Waals surface area contributed by atoms with E-state index in [9.17, 15) is 4.79 Å². The maximum atomic E-state index is 12.7. The van der Waals surface area contributed by atoms with Crippen molar-refractivity contribution in [1.29, 1.82) is 0 Å². The zero-order chi connectivity index (χ0) is 17.2. The first kappa shape index (κ1) is 18.7. The first-order chi connectivity index (χ1) is 12.2. The molecule has 2 aromatic rings. The lowest BCUT2D eigenvalue weighted by Gasteiger charge is -2.29. The summed E-state index contributed by atoms with van der Waals surface area (Å²) >= 11 is 0. The SMILES string of the molecule is Cc1nc(COc2ccccc2C(=O)NC2CC3CCC(C2)N3)no1.Cl. The number of piperidine rings is 1. The lowest BCUT2D eigenvalue weighted by atomic mass is 9.99. The molecule has 26 heavy (non-hydrogen) atoms. The molecule has 0 radical (unpaired) electrons. The van der Waals surface area contributed by atoms with Crippen molar-refractivity contribution in [3.63, 3.8) is 0 Å². The normalized spacial score (nSPS) is 24.0. The van der Waals surface area contributed by atoms with Crippen LogP contribution in [0.5, 0.6) is 5.75 Å². The van der Waals surface area contributed by atoms with Crippen LogP contribution in [0.1, 0.15) is 47.8 Å². The van der Waals surface area contributed by atoms with Gasteiger partial charge in [-0.3, -0.25) is 4.79 Å². The van der Waals surface area contributed by atoms with Crippen molar-refractivity contribution in [2.45, 2.75) is 57.3 Å². The van der Waals surface area contributed by atoms with Crippen LogP contribution in [0.3, 0.4) is 0 Å². The fraction of sp³-hybridized carbons (Fsp3) is 0.500. The minimum absolute atomic E-state index is 0. The summed E-state index contributed by atoms with van der Waals surface area (Å²) < 4.78 is 10.7. The fourth-order valence-electron chi connectivity index (χ4n) is 3.76. The molecule has 8 heteroatoms. The molecule has 3 heterocycles. The molecule has 4 rings (SSSR count). The molecule has 0 aliphatic carbocycles. The van der Waals surface area contributed by atoms with Crippen molar-refractivity contribution in [3.05, 3.63) is 41.5 Å². The van der Waals surface area contributed by atoms with Crippen LogP contribution in [0.4, 0.5) is 0 Å². The number of carbonyl (C=O) groups excluding carboxylic acids is 1. The van der Waals surface area contributed by atoms with Crippen molar-refractivity contribution in [2.75, 3.05) is 0 Å². The van der Waals surface area contributed by atoms with E-state index < -0.39 is 0 Å². The van der Waals surface area contributed by atoms with Crippen LogP contribution >= 0.6 is 12.4 Å². The minimum Gasteiger partial charge on any atom is -0.485 e. The Labute approximate surface area is 158 Å².